The Hall–Kier alpha value is -3.03. The monoisotopic (exact) mass is 462 g/mol. The van der Waals surface area contributed by atoms with Gasteiger partial charge in [-0.2, -0.15) is 0 Å². The van der Waals surface area contributed by atoms with Gasteiger partial charge in [-0.3, -0.25) is 4.79 Å². The largest absolute Gasteiger partial charge is 0.490 e. The van der Waals surface area contributed by atoms with Gasteiger partial charge in [0.25, 0.3) is 5.91 Å². The fourth-order valence-electron chi connectivity index (χ4n) is 2.65. The summed E-state index contributed by atoms with van der Waals surface area (Å²) in [7, 11) is 3.26. The molecule has 0 aromatic heterocycles. The minimum atomic E-state index is -0.610. The summed E-state index contributed by atoms with van der Waals surface area (Å²) in [6.45, 7) is 1.97. The topological polar surface area (TPSA) is 77.4 Å². The number of carbonyl (C=O) groups is 2. The molecule has 0 fully saturated rings. The zero-order chi connectivity index (χ0) is 22.5. The number of ether oxygens (including phenoxy) is 3. The third-order valence-electron chi connectivity index (χ3n) is 4.20. The fourth-order valence-corrected chi connectivity index (χ4v) is 3.14. The number of aliphatic imine (C=N–C) groups is 1. The van der Waals surface area contributed by atoms with E-state index in [0.717, 1.165) is 0 Å². The molecule has 2 aromatic rings. The summed E-state index contributed by atoms with van der Waals surface area (Å²) in [4.78, 5) is 29.8. The van der Waals surface area contributed by atoms with Gasteiger partial charge in [0.2, 0.25) is 5.90 Å². The van der Waals surface area contributed by atoms with Crippen molar-refractivity contribution in [3.05, 3.63) is 63.3 Å². The number of esters is 1. The molecule has 1 amide bonds. The van der Waals surface area contributed by atoms with Crippen molar-refractivity contribution in [2.45, 2.75) is 6.92 Å². The molecule has 0 unspecified atom stereocenters. The van der Waals surface area contributed by atoms with Gasteiger partial charge in [-0.05, 0) is 42.8 Å². The number of benzene rings is 2. The highest BCUT2D eigenvalue weighted by molar-refractivity contribution is 6.34. The van der Waals surface area contributed by atoms with Gasteiger partial charge in [-0.25, -0.2) is 9.79 Å². The highest BCUT2D eigenvalue weighted by atomic mass is 35.5. The highest BCUT2D eigenvalue weighted by Gasteiger charge is 2.26. The summed E-state index contributed by atoms with van der Waals surface area (Å²) >= 11 is 12.5. The number of hydrogen-bond acceptors (Lipinski definition) is 6. The normalized spacial score (nSPS) is 14.3. The minimum Gasteiger partial charge on any atom is -0.490 e. The van der Waals surface area contributed by atoms with Gasteiger partial charge < -0.3 is 19.1 Å². The van der Waals surface area contributed by atoms with Gasteiger partial charge in [0.1, 0.15) is 0 Å². The number of hydrogen-bond donors (Lipinski definition) is 0. The Morgan fingerprint density at radius 1 is 1.16 bits per heavy atom. The standard InChI is InChI=1S/C22H20Cl2N2O5/c1-4-29-18-11-13(9-16(24)20(18)30-12-19(27)26(2)3)10-17-22(28)31-21(25-17)14-7-5-6-8-15(14)23/h5-11H,4,12H2,1-3H3/b17-10-. The van der Waals surface area contributed by atoms with Gasteiger partial charge >= 0.3 is 5.97 Å². The molecule has 2 aromatic carbocycles. The molecule has 0 N–H and O–H groups in total. The van der Waals surface area contributed by atoms with E-state index in [1.54, 1.807) is 50.5 Å². The molecule has 0 aliphatic carbocycles. The molecule has 9 heteroatoms. The lowest BCUT2D eigenvalue weighted by molar-refractivity contribution is -0.131. The SMILES string of the molecule is CCOc1cc(/C=C2\N=C(c3ccccc3Cl)OC2=O)cc(Cl)c1OCC(=O)N(C)C. The fraction of sp³-hybridized carbons (Fsp3) is 0.227. The van der Waals surface area contributed by atoms with Crippen LogP contribution in [-0.2, 0) is 14.3 Å². The van der Waals surface area contributed by atoms with Crippen LogP contribution in [0, 0.1) is 0 Å². The molecular weight excluding hydrogens is 443 g/mol. The number of nitrogens with zero attached hydrogens (tertiary/aromatic N) is 2. The smallest absolute Gasteiger partial charge is 0.363 e. The molecule has 0 atom stereocenters. The summed E-state index contributed by atoms with van der Waals surface area (Å²) in [5.74, 6) is -0.119. The number of cyclic esters (lactones) is 1. The van der Waals surface area contributed by atoms with Crippen molar-refractivity contribution in [1.82, 2.24) is 4.90 Å². The first-order valence-corrected chi connectivity index (χ1v) is 10.1. The van der Waals surface area contributed by atoms with Gasteiger partial charge in [-0.15, -0.1) is 0 Å². The van der Waals surface area contributed by atoms with E-state index in [-0.39, 0.29) is 34.9 Å². The molecule has 1 heterocycles. The Bertz CT molecular complexity index is 1080. The Kier molecular flexibility index (Phi) is 7.20. The predicted molar refractivity (Wildman–Crippen MR) is 119 cm³/mol. The Morgan fingerprint density at radius 2 is 1.90 bits per heavy atom. The second kappa shape index (κ2) is 9.85. The summed E-state index contributed by atoms with van der Waals surface area (Å²) < 4.78 is 16.5. The first-order chi connectivity index (χ1) is 14.8. The van der Waals surface area contributed by atoms with E-state index >= 15 is 0 Å². The predicted octanol–water partition coefficient (Wildman–Crippen LogP) is 4.20. The third-order valence-corrected chi connectivity index (χ3v) is 4.81. The van der Waals surface area contributed by atoms with E-state index in [1.165, 1.54) is 11.0 Å². The molecule has 0 spiro atoms. The average molecular weight is 463 g/mol. The van der Waals surface area contributed by atoms with E-state index in [1.807, 2.05) is 6.92 Å². The second-order valence-electron chi connectivity index (χ2n) is 6.66. The molecule has 162 valence electrons. The molecule has 1 aliphatic heterocycles. The summed E-state index contributed by atoms with van der Waals surface area (Å²) in [6.07, 6.45) is 1.52. The lowest BCUT2D eigenvalue weighted by Crippen LogP contribution is -2.27. The van der Waals surface area contributed by atoms with Crippen LogP contribution in [-0.4, -0.2) is 50.0 Å². The van der Waals surface area contributed by atoms with Crippen LogP contribution in [0.5, 0.6) is 11.5 Å². The third kappa shape index (κ3) is 5.37. The Labute approximate surface area is 189 Å². The number of halogens is 2. The van der Waals surface area contributed by atoms with Crippen molar-refractivity contribution < 1.29 is 23.8 Å². The van der Waals surface area contributed by atoms with Crippen LogP contribution in [0.1, 0.15) is 18.1 Å². The van der Waals surface area contributed by atoms with E-state index in [2.05, 4.69) is 4.99 Å². The maximum Gasteiger partial charge on any atom is 0.363 e. The van der Waals surface area contributed by atoms with E-state index in [9.17, 15) is 9.59 Å². The van der Waals surface area contributed by atoms with Crippen LogP contribution in [0.3, 0.4) is 0 Å². The van der Waals surface area contributed by atoms with Gasteiger partial charge in [0, 0.05) is 14.1 Å². The first-order valence-electron chi connectivity index (χ1n) is 9.37. The van der Waals surface area contributed by atoms with E-state index in [0.29, 0.717) is 28.5 Å². The van der Waals surface area contributed by atoms with Crippen molar-refractivity contribution in [2.75, 3.05) is 27.3 Å². The molecular formula is C22H20Cl2N2O5. The first kappa shape index (κ1) is 22.7. The van der Waals surface area contributed by atoms with Crippen LogP contribution < -0.4 is 9.47 Å². The Balaban J connectivity index is 1.92. The lowest BCUT2D eigenvalue weighted by atomic mass is 10.1. The van der Waals surface area contributed by atoms with Gasteiger partial charge in [0.15, 0.2) is 23.8 Å². The van der Waals surface area contributed by atoms with Gasteiger partial charge in [-0.1, -0.05) is 35.3 Å². The molecule has 0 bridgehead atoms. The molecule has 3 rings (SSSR count). The van der Waals surface area contributed by atoms with Crippen molar-refractivity contribution in [3.63, 3.8) is 0 Å². The number of carbonyl (C=O) groups excluding carboxylic acids is 2. The summed E-state index contributed by atoms with van der Waals surface area (Å²) in [6, 6.07) is 10.2. The number of amides is 1. The molecule has 1 aliphatic rings. The van der Waals surface area contributed by atoms with Crippen molar-refractivity contribution in [1.29, 1.82) is 0 Å². The number of rotatable bonds is 7. The molecule has 0 saturated heterocycles. The van der Waals surface area contributed by atoms with Crippen LogP contribution in [0.4, 0.5) is 0 Å². The van der Waals surface area contributed by atoms with Crippen molar-refractivity contribution >= 4 is 47.1 Å². The molecule has 0 saturated carbocycles. The second-order valence-corrected chi connectivity index (χ2v) is 7.47. The minimum absolute atomic E-state index is 0.0879. The molecule has 31 heavy (non-hydrogen) atoms. The van der Waals surface area contributed by atoms with Crippen LogP contribution in [0.2, 0.25) is 10.0 Å². The highest BCUT2D eigenvalue weighted by Crippen LogP contribution is 2.37. The van der Waals surface area contributed by atoms with Crippen molar-refractivity contribution in [2.24, 2.45) is 4.99 Å². The van der Waals surface area contributed by atoms with E-state index in [4.69, 9.17) is 37.4 Å². The number of likely N-dealkylation sites (N-methyl/N-ethyl adjacent to an activating group) is 1. The van der Waals surface area contributed by atoms with Crippen LogP contribution >= 0.6 is 23.2 Å². The van der Waals surface area contributed by atoms with Crippen molar-refractivity contribution in [3.8, 4) is 11.5 Å². The lowest BCUT2D eigenvalue weighted by Gasteiger charge is -2.16. The van der Waals surface area contributed by atoms with Crippen LogP contribution in [0.25, 0.3) is 6.08 Å². The molecule has 7 nitrogen and oxygen atoms in total. The van der Waals surface area contributed by atoms with E-state index < -0.39 is 5.97 Å². The zero-order valence-corrected chi connectivity index (χ0v) is 18.7. The average Bonchev–Trinajstić information content (AvgIpc) is 3.07. The van der Waals surface area contributed by atoms with Gasteiger partial charge in [0.05, 0.1) is 22.2 Å². The Morgan fingerprint density at radius 3 is 2.58 bits per heavy atom. The zero-order valence-electron chi connectivity index (χ0n) is 17.1. The quantitative estimate of drug-likeness (QED) is 0.454. The maximum absolute atomic E-state index is 12.3. The summed E-state index contributed by atoms with van der Waals surface area (Å²) in [5, 5.41) is 0.650. The van der Waals surface area contributed by atoms with Crippen LogP contribution in [0.15, 0.2) is 47.1 Å². The molecule has 0 radical (unpaired) electrons. The summed E-state index contributed by atoms with van der Waals surface area (Å²) in [5.41, 5.74) is 1.16. The maximum atomic E-state index is 12.3.